The van der Waals surface area contributed by atoms with Gasteiger partial charge in [-0.2, -0.15) is 0 Å². The normalized spacial score (nSPS) is 11.5. The predicted molar refractivity (Wildman–Crippen MR) is 95.5 cm³/mol. The van der Waals surface area contributed by atoms with Crippen LogP contribution in [0.4, 0.5) is 0 Å². The predicted octanol–water partition coefficient (Wildman–Crippen LogP) is -1.27. The topological polar surface area (TPSA) is 265 Å². The van der Waals surface area contributed by atoms with Crippen molar-refractivity contribution < 1.29 is 49.5 Å². The molecule has 0 bridgehead atoms. The van der Waals surface area contributed by atoms with Gasteiger partial charge in [0.25, 0.3) is 0 Å². The van der Waals surface area contributed by atoms with Gasteiger partial charge in [0, 0.05) is 25.4 Å². The number of aliphatic carboxylic acids is 5. The maximum Gasteiger partial charge on any atom is 0.320 e. The fraction of sp³-hybridized carbons (Fsp3) is 0.667. The highest BCUT2D eigenvalue weighted by molar-refractivity contribution is 5.73. The van der Waals surface area contributed by atoms with Gasteiger partial charge in [-0.05, 0) is 19.3 Å². The number of hydrogen-bond acceptors (Lipinski definition) is 8. The molecule has 0 aliphatic rings. The summed E-state index contributed by atoms with van der Waals surface area (Å²) in [7, 11) is 0. The summed E-state index contributed by atoms with van der Waals surface area (Å²) in [5.41, 5.74) is 15.2. The molecule has 2 unspecified atom stereocenters. The van der Waals surface area contributed by atoms with Crippen molar-refractivity contribution in [1.29, 1.82) is 0 Å². The molecule has 0 aliphatic carbocycles. The summed E-state index contributed by atoms with van der Waals surface area (Å²) in [5.74, 6) is -4.80. The second-order valence-corrected chi connectivity index (χ2v) is 5.45. The molecule has 0 rings (SSSR count). The van der Waals surface area contributed by atoms with E-state index in [0.717, 1.165) is 0 Å². The van der Waals surface area contributed by atoms with Crippen LogP contribution in [-0.4, -0.2) is 74.0 Å². The molecule has 2 atom stereocenters. The lowest BCUT2D eigenvalue weighted by atomic mass is 10.1. The molecule has 0 fully saturated rings. The summed E-state index contributed by atoms with van der Waals surface area (Å²) in [6.45, 7) is 0.231. The molecule has 0 aromatic heterocycles. The molecular formula is C15H29N3O10. The third kappa shape index (κ3) is 31.0. The highest BCUT2D eigenvalue weighted by Gasteiger charge is 2.11. The Hall–Kier alpha value is -2.77. The summed E-state index contributed by atoms with van der Waals surface area (Å²) in [6, 6.07) is -1.49. The molecule has 11 N–H and O–H groups in total. The molecule has 0 saturated heterocycles. The first-order valence-electron chi connectivity index (χ1n) is 8.14. The fourth-order valence-corrected chi connectivity index (χ4v) is 1.36. The Labute approximate surface area is 161 Å². The Morgan fingerprint density at radius 3 is 1.43 bits per heavy atom. The Kier molecular flexibility index (Phi) is 20.3. The van der Waals surface area contributed by atoms with Crippen molar-refractivity contribution in [1.82, 2.24) is 0 Å². The molecule has 0 heterocycles. The Morgan fingerprint density at radius 1 is 0.679 bits per heavy atom. The van der Waals surface area contributed by atoms with Crippen molar-refractivity contribution in [2.75, 3.05) is 6.54 Å². The molecule has 0 aliphatic heterocycles. The van der Waals surface area contributed by atoms with Gasteiger partial charge in [-0.25, -0.2) is 0 Å². The minimum atomic E-state index is -1.09. The molecule has 0 aromatic rings. The molecule has 0 amide bonds. The number of carboxylic acid groups (broad SMARTS) is 5. The first kappa shape index (κ1) is 30.0. The van der Waals surface area contributed by atoms with E-state index in [9.17, 15) is 24.0 Å². The lowest BCUT2D eigenvalue weighted by molar-refractivity contribution is -0.140. The van der Waals surface area contributed by atoms with Crippen molar-refractivity contribution in [3.8, 4) is 0 Å². The zero-order valence-electron chi connectivity index (χ0n) is 15.3. The lowest BCUT2D eigenvalue weighted by Gasteiger charge is -2.04. The van der Waals surface area contributed by atoms with Gasteiger partial charge in [-0.15, -0.1) is 0 Å². The van der Waals surface area contributed by atoms with Gasteiger partial charge < -0.3 is 42.7 Å². The summed E-state index contributed by atoms with van der Waals surface area (Å²) in [4.78, 5) is 49.6. The number of carboxylic acids is 5. The van der Waals surface area contributed by atoms with Crippen LogP contribution in [0.2, 0.25) is 0 Å². The molecule has 0 aromatic carbocycles. The van der Waals surface area contributed by atoms with E-state index < -0.39 is 41.9 Å². The van der Waals surface area contributed by atoms with Crippen molar-refractivity contribution in [2.24, 2.45) is 17.2 Å². The first-order valence-corrected chi connectivity index (χ1v) is 8.14. The van der Waals surface area contributed by atoms with Crippen LogP contribution in [0.1, 0.15) is 44.9 Å². The van der Waals surface area contributed by atoms with Crippen molar-refractivity contribution in [3.05, 3.63) is 0 Å². The Bertz CT molecular complexity index is 498. The highest BCUT2D eigenvalue weighted by Crippen LogP contribution is 1.99. The third-order valence-corrected chi connectivity index (χ3v) is 2.75. The van der Waals surface area contributed by atoms with Crippen LogP contribution >= 0.6 is 0 Å². The lowest BCUT2D eigenvalue weighted by Crippen LogP contribution is -2.29. The fourth-order valence-electron chi connectivity index (χ4n) is 1.36. The Morgan fingerprint density at radius 2 is 1.14 bits per heavy atom. The second-order valence-electron chi connectivity index (χ2n) is 5.45. The van der Waals surface area contributed by atoms with E-state index in [1.54, 1.807) is 0 Å². The summed E-state index contributed by atoms with van der Waals surface area (Å²) in [6.07, 6.45) is 0.523. The van der Waals surface area contributed by atoms with E-state index in [-0.39, 0.29) is 45.1 Å². The molecule has 28 heavy (non-hydrogen) atoms. The molecule has 164 valence electrons. The van der Waals surface area contributed by atoms with Crippen molar-refractivity contribution in [3.63, 3.8) is 0 Å². The van der Waals surface area contributed by atoms with E-state index >= 15 is 0 Å². The quantitative estimate of drug-likeness (QED) is 0.186. The number of carbonyl (C=O) groups is 5. The Balaban J connectivity index is -0.000000351. The van der Waals surface area contributed by atoms with Crippen LogP contribution in [0.5, 0.6) is 0 Å². The van der Waals surface area contributed by atoms with E-state index in [1.165, 1.54) is 0 Å². The maximum atomic E-state index is 10.1. The summed E-state index contributed by atoms with van der Waals surface area (Å²) >= 11 is 0. The molecular weight excluding hydrogens is 382 g/mol. The molecule has 0 saturated carbocycles. The van der Waals surface area contributed by atoms with Gasteiger partial charge in [0.1, 0.15) is 6.04 Å². The van der Waals surface area contributed by atoms with Crippen LogP contribution in [0.25, 0.3) is 0 Å². The number of rotatable bonds is 12. The second kappa shape index (κ2) is 19.0. The maximum absolute atomic E-state index is 10.1. The average Bonchev–Trinajstić information content (AvgIpc) is 2.52. The van der Waals surface area contributed by atoms with Gasteiger partial charge in [0.2, 0.25) is 0 Å². The first-order chi connectivity index (χ1) is 12.8. The smallest absolute Gasteiger partial charge is 0.320 e. The van der Waals surface area contributed by atoms with Crippen molar-refractivity contribution >= 4 is 29.8 Å². The highest BCUT2D eigenvalue weighted by atomic mass is 16.4. The standard InChI is InChI=1S/2C6H11NO4.C3H7NO2/c7-4(3-6(10)11)1-2-5(8)9;7-4(6(10)11)2-1-3-5(8)9;4-2-1-3(5)6/h2*4H,1-3,7H2,(H,8,9)(H,10,11);1-2,4H2,(H,5,6). The van der Waals surface area contributed by atoms with E-state index in [0.29, 0.717) is 6.42 Å². The van der Waals surface area contributed by atoms with Crippen LogP contribution in [0.15, 0.2) is 0 Å². The molecule has 0 radical (unpaired) electrons. The zero-order chi connectivity index (χ0) is 22.7. The van der Waals surface area contributed by atoms with Crippen LogP contribution in [0, 0.1) is 0 Å². The average molecular weight is 411 g/mol. The van der Waals surface area contributed by atoms with E-state index in [2.05, 4.69) is 0 Å². The van der Waals surface area contributed by atoms with Crippen LogP contribution in [-0.2, 0) is 24.0 Å². The summed E-state index contributed by atoms with van der Waals surface area (Å²) in [5, 5.41) is 40.7. The minimum Gasteiger partial charge on any atom is -0.481 e. The van der Waals surface area contributed by atoms with Gasteiger partial charge in [0.05, 0.1) is 12.8 Å². The summed E-state index contributed by atoms with van der Waals surface area (Å²) < 4.78 is 0. The van der Waals surface area contributed by atoms with Gasteiger partial charge in [-0.1, -0.05) is 0 Å². The van der Waals surface area contributed by atoms with Crippen LogP contribution in [0.3, 0.4) is 0 Å². The largest absolute Gasteiger partial charge is 0.481 e. The molecule has 13 nitrogen and oxygen atoms in total. The van der Waals surface area contributed by atoms with Crippen LogP contribution < -0.4 is 17.2 Å². The minimum absolute atomic E-state index is 0.0268. The monoisotopic (exact) mass is 411 g/mol. The van der Waals surface area contributed by atoms with Gasteiger partial charge in [-0.3, -0.25) is 24.0 Å². The van der Waals surface area contributed by atoms with Gasteiger partial charge >= 0.3 is 29.8 Å². The zero-order valence-corrected chi connectivity index (χ0v) is 15.3. The molecule has 13 heteroatoms. The number of nitrogens with two attached hydrogens (primary N) is 3. The number of hydrogen-bond donors (Lipinski definition) is 8. The van der Waals surface area contributed by atoms with E-state index in [4.69, 9.17) is 42.7 Å². The SMILES string of the molecule is NC(CCC(=O)O)CC(=O)O.NC(CCCC(=O)O)C(=O)O.NCCC(=O)O. The van der Waals surface area contributed by atoms with Gasteiger partial charge in [0.15, 0.2) is 0 Å². The van der Waals surface area contributed by atoms with E-state index in [1.807, 2.05) is 0 Å². The van der Waals surface area contributed by atoms with Crippen molar-refractivity contribution in [2.45, 2.75) is 57.0 Å². The molecule has 0 spiro atoms. The third-order valence-electron chi connectivity index (χ3n) is 2.75.